The summed E-state index contributed by atoms with van der Waals surface area (Å²) < 4.78 is 5.45. The third-order valence-electron chi connectivity index (χ3n) is 4.45. The van der Waals surface area contributed by atoms with Crippen molar-refractivity contribution in [2.75, 3.05) is 14.2 Å². The van der Waals surface area contributed by atoms with Gasteiger partial charge < -0.3 is 10.5 Å². The number of guanidine groups is 1. The van der Waals surface area contributed by atoms with Crippen LogP contribution in [0.4, 0.5) is 0 Å². The van der Waals surface area contributed by atoms with Crippen LogP contribution in [0.1, 0.15) is 17.4 Å². The molecule has 2 N–H and O–H groups in total. The molecule has 26 heavy (non-hydrogen) atoms. The van der Waals surface area contributed by atoms with Gasteiger partial charge in [-0.15, -0.1) is 11.3 Å². The maximum atomic E-state index is 12.6. The van der Waals surface area contributed by atoms with Gasteiger partial charge in [-0.05, 0) is 47.7 Å². The second-order valence-electron chi connectivity index (χ2n) is 6.17. The van der Waals surface area contributed by atoms with Crippen LogP contribution in [0.15, 0.2) is 34.6 Å². The van der Waals surface area contributed by atoms with Crippen LogP contribution >= 0.6 is 22.9 Å². The molecule has 1 unspecified atom stereocenters. The average molecular weight is 389 g/mol. The predicted octanol–water partition coefficient (Wildman–Crippen LogP) is 2.96. The molecule has 3 rings (SSSR count). The standard InChI is InChI=1S/C18H17ClN4O2S/c1-18(15(25-3)16(24)23(2)17(21)22-18)14-7-12(9-26-14)11-4-10(8-20)5-13(19)6-11/h4-7,9,15H,1-3H3,(H2,21,22)/t15?,18-/m1/s1. The molecule has 1 amide bonds. The van der Waals surface area contributed by atoms with Crippen LogP contribution in [0.5, 0.6) is 0 Å². The molecule has 0 fully saturated rings. The number of carbonyl (C=O) groups excluding carboxylic acids is 1. The normalized spacial score (nSPS) is 22.9. The molecule has 1 aliphatic heterocycles. The molecule has 1 aliphatic rings. The Labute approximate surface area is 160 Å². The number of thiophene rings is 1. The molecule has 1 aromatic heterocycles. The van der Waals surface area contributed by atoms with E-state index in [0.717, 1.165) is 16.0 Å². The van der Waals surface area contributed by atoms with Crippen LogP contribution in [0.25, 0.3) is 11.1 Å². The molecule has 0 bridgehead atoms. The van der Waals surface area contributed by atoms with Crippen LogP contribution in [0.3, 0.4) is 0 Å². The maximum absolute atomic E-state index is 12.6. The van der Waals surface area contributed by atoms with E-state index in [1.807, 2.05) is 18.4 Å². The molecule has 0 aliphatic carbocycles. The molecule has 134 valence electrons. The molecular formula is C18H17ClN4O2S. The van der Waals surface area contributed by atoms with Crippen molar-refractivity contribution in [1.82, 2.24) is 4.90 Å². The van der Waals surface area contributed by atoms with Gasteiger partial charge in [0.2, 0.25) is 0 Å². The van der Waals surface area contributed by atoms with Gasteiger partial charge in [0.25, 0.3) is 5.91 Å². The summed E-state index contributed by atoms with van der Waals surface area (Å²) in [6.45, 7) is 1.83. The van der Waals surface area contributed by atoms with Crippen molar-refractivity contribution >= 4 is 34.8 Å². The highest BCUT2D eigenvalue weighted by Gasteiger charge is 2.47. The molecule has 2 aromatic rings. The number of benzene rings is 1. The number of hydrogen-bond donors (Lipinski definition) is 1. The van der Waals surface area contributed by atoms with E-state index in [0.29, 0.717) is 10.6 Å². The number of carbonyl (C=O) groups is 1. The fourth-order valence-corrected chi connectivity index (χ4v) is 4.27. The zero-order valence-electron chi connectivity index (χ0n) is 14.5. The highest BCUT2D eigenvalue weighted by Crippen LogP contribution is 2.40. The van der Waals surface area contributed by atoms with E-state index in [-0.39, 0.29) is 11.9 Å². The summed E-state index contributed by atoms with van der Waals surface area (Å²) in [7, 11) is 3.05. The summed E-state index contributed by atoms with van der Waals surface area (Å²) in [5, 5.41) is 11.6. The number of aliphatic imine (C=N–C) groups is 1. The number of likely N-dealkylation sites (N-methyl/N-ethyl adjacent to an activating group) is 1. The quantitative estimate of drug-likeness (QED) is 0.874. The van der Waals surface area contributed by atoms with Crippen LogP contribution in [-0.2, 0) is 15.1 Å². The van der Waals surface area contributed by atoms with Gasteiger partial charge in [0, 0.05) is 24.1 Å². The Morgan fingerprint density at radius 2 is 2.12 bits per heavy atom. The van der Waals surface area contributed by atoms with Crippen molar-refractivity contribution in [2.45, 2.75) is 18.6 Å². The van der Waals surface area contributed by atoms with E-state index in [9.17, 15) is 4.79 Å². The van der Waals surface area contributed by atoms with Gasteiger partial charge in [-0.1, -0.05) is 11.6 Å². The Bertz CT molecular complexity index is 949. The van der Waals surface area contributed by atoms with E-state index in [1.165, 1.54) is 23.3 Å². The first-order valence-corrected chi connectivity index (χ1v) is 9.01. The summed E-state index contributed by atoms with van der Waals surface area (Å²) in [5.74, 6) is -0.0951. The summed E-state index contributed by atoms with van der Waals surface area (Å²) in [4.78, 5) is 19.2. The molecule has 2 atom stereocenters. The molecule has 1 aromatic carbocycles. The fraction of sp³-hybridized carbons (Fsp3) is 0.278. The largest absolute Gasteiger partial charge is 0.369 e. The molecule has 6 nitrogen and oxygen atoms in total. The average Bonchev–Trinajstić information content (AvgIpc) is 3.10. The molecule has 8 heteroatoms. The van der Waals surface area contributed by atoms with Crippen molar-refractivity contribution in [3.8, 4) is 17.2 Å². The van der Waals surface area contributed by atoms with Gasteiger partial charge in [-0.25, -0.2) is 4.99 Å². The third kappa shape index (κ3) is 2.97. The second-order valence-corrected chi connectivity index (χ2v) is 7.52. The van der Waals surface area contributed by atoms with Crippen LogP contribution in [-0.4, -0.2) is 37.0 Å². The van der Waals surface area contributed by atoms with Gasteiger partial charge >= 0.3 is 0 Å². The topological polar surface area (TPSA) is 91.7 Å². The summed E-state index contributed by atoms with van der Waals surface area (Å²) in [5.41, 5.74) is 7.19. The number of halogens is 1. The van der Waals surface area contributed by atoms with Crippen LogP contribution in [0, 0.1) is 11.3 Å². The van der Waals surface area contributed by atoms with Crippen molar-refractivity contribution in [1.29, 1.82) is 5.26 Å². The Kier molecular flexibility index (Phi) is 4.76. The first-order valence-electron chi connectivity index (χ1n) is 7.76. The summed E-state index contributed by atoms with van der Waals surface area (Å²) >= 11 is 7.56. The van der Waals surface area contributed by atoms with E-state index >= 15 is 0 Å². The highest BCUT2D eigenvalue weighted by atomic mass is 35.5. The first kappa shape index (κ1) is 18.4. The maximum Gasteiger partial charge on any atom is 0.261 e. The van der Waals surface area contributed by atoms with Gasteiger partial charge in [0.05, 0.1) is 11.6 Å². The molecule has 0 saturated carbocycles. The monoisotopic (exact) mass is 388 g/mol. The van der Waals surface area contributed by atoms with Crippen LogP contribution in [0.2, 0.25) is 5.02 Å². The molecule has 0 saturated heterocycles. The van der Waals surface area contributed by atoms with E-state index in [4.69, 9.17) is 27.3 Å². The Balaban J connectivity index is 2.08. The lowest BCUT2D eigenvalue weighted by Crippen LogP contribution is -2.57. The number of methoxy groups -OCH3 is 1. The molecule has 2 heterocycles. The lowest BCUT2D eigenvalue weighted by Gasteiger charge is -2.38. The van der Waals surface area contributed by atoms with E-state index in [1.54, 1.807) is 25.2 Å². The van der Waals surface area contributed by atoms with Crippen molar-refractivity contribution in [3.05, 3.63) is 45.1 Å². The van der Waals surface area contributed by atoms with E-state index < -0.39 is 11.6 Å². The lowest BCUT2D eigenvalue weighted by atomic mass is 9.90. The number of nitrogens with two attached hydrogens (primary N) is 1. The van der Waals surface area contributed by atoms with Gasteiger partial charge in [0.1, 0.15) is 5.54 Å². The van der Waals surface area contributed by atoms with Gasteiger partial charge in [-0.3, -0.25) is 9.69 Å². The summed E-state index contributed by atoms with van der Waals surface area (Å²) in [6, 6.07) is 9.20. The predicted molar refractivity (Wildman–Crippen MR) is 102 cm³/mol. The van der Waals surface area contributed by atoms with Gasteiger partial charge in [-0.2, -0.15) is 5.26 Å². The fourth-order valence-electron chi connectivity index (χ4n) is 2.99. The highest BCUT2D eigenvalue weighted by molar-refractivity contribution is 7.10. The molecule has 0 radical (unpaired) electrons. The number of nitriles is 1. The number of rotatable bonds is 3. The Hall–Kier alpha value is -2.40. The SMILES string of the molecule is COC1C(=O)N(C)C(N)=N[C@]1(C)c1cc(-c2cc(Cl)cc(C#N)c2)cs1. The van der Waals surface area contributed by atoms with Crippen molar-refractivity contribution in [2.24, 2.45) is 10.7 Å². The minimum atomic E-state index is -0.929. The summed E-state index contributed by atoms with van der Waals surface area (Å²) in [6.07, 6.45) is -0.777. The van der Waals surface area contributed by atoms with Crippen LogP contribution < -0.4 is 5.73 Å². The Morgan fingerprint density at radius 3 is 2.77 bits per heavy atom. The Morgan fingerprint density at radius 1 is 1.38 bits per heavy atom. The van der Waals surface area contributed by atoms with Crippen molar-refractivity contribution < 1.29 is 9.53 Å². The minimum absolute atomic E-state index is 0.148. The first-order chi connectivity index (χ1) is 12.3. The molecular weight excluding hydrogens is 372 g/mol. The zero-order valence-corrected chi connectivity index (χ0v) is 16.1. The number of nitrogens with zero attached hydrogens (tertiary/aromatic N) is 3. The van der Waals surface area contributed by atoms with Gasteiger partial charge in [0.15, 0.2) is 12.1 Å². The zero-order chi connectivity index (χ0) is 19.1. The second kappa shape index (κ2) is 6.72. The third-order valence-corrected chi connectivity index (χ3v) is 5.83. The molecule has 0 spiro atoms. The van der Waals surface area contributed by atoms with E-state index in [2.05, 4.69) is 11.1 Å². The number of ether oxygens (including phenoxy) is 1. The lowest BCUT2D eigenvalue weighted by molar-refractivity contribution is -0.142. The number of hydrogen-bond acceptors (Lipinski definition) is 6. The van der Waals surface area contributed by atoms with Crippen molar-refractivity contribution in [3.63, 3.8) is 0 Å². The minimum Gasteiger partial charge on any atom is -0.369 e. The smallest absolute Gasteiger partial charge is 0.261 e. The number of amides is 1.